The number of benzene rings is 2. The summed E-state index contributed by atoms with van der Waals surface area (Å²) >= 11 is 7.55. The van der Waals surface area contributed by atoms with Gasteiger partial charge in [0.05, 0.1) is 15.6 Å². The molecule has 132 valence electrons. The van der Waals surface area contributed by atoms with Gasteiger partial charge in [0.25, 0.3) is 0 Å². The molecule has 2 aromatic carbocycles. The highest BCUT2D eigenvalue weighted by atomic mass is 35.5. The lowest BCUT2D eigenvalue weighted by molar-refractivity contribution is 0.100. The molecule has 0 fully saturated rings. The molecule has 3 rings (SSSR count). The molecule has 0 spiro atoms. The third-order valence-corrected chi connectivity index (χ3v) is 5.41. The van der Waals surface area contributed by atoms with Gasteiger partial charge in [0.2, 0.25) is 0 Å². The van der Waals surface area contributed by atoms with E-state index in [-0.39, 0.29) is 18.1 Å². The number of aromatic hydroxyl groups is 1. The minimum Gasteiger partial charge on any atom is -0.508 e. The third kappa shape index (κ3) is 4.00. The van der Waals surface area contributed by atoms with Crippen molar-refractivity contribution in [1.82, 2.24) is 4.98 Å². The van der Waals surface area contributed by atoms with E-state index in [1.165, 1.54) is 11.3 Å². The summed E-state index contributed by atoms with van der Waals surface area (Å²) in [7, 11) is 0. The summed E-state index contributed by atoms with van der Waals surface area (Å²) in [6.45, 7) is 3.68. The number of phenolic OH excluding ortho intramolecular Hbond substituents is 1. The van der Waals surface area contributed by atoms with Gasteiger partial charge in [-0.05, 0) is 49.2 Å². The van der Waals surface area contributed by atoms with E-state index >= 15 is 0 Å². The van der Waals surface area contributed by atoms with Gasteiger partial charge >= 0.3 is 0 Å². The van der Waals surface area contributed by atoms with Gasteiger partial charge in [0.15, 0.2) is 5.78 Å². The number of ketones is 1. The van der Waals surface area contributed by atoms with Crippen molar-refractivity contribution in [2.24, 2.45) is 4.99 Å². The minimum absolute atomic E-state index is 0.0465. The van der Waals surface area contributed by atoms with Gasteiger partial charge in [0, 0.05) is 11.8 Å². The first kappa shape index (κ1) is 18.3. The smallest absolute Gasteiger partial charge is 0.196 e. The van der Waals surface area contributed by atoms with Crippen LogP contribution in [0.25, 0.3) is 10.6 Å². The number of rotatable bonds is 5. The first-order chi connectivity index (χ1) is 12.5. The number of aromatic nitrogens is 1. The number of carbonyl (C=O) groups is 1. The maximum atomic E-state index is 12.5. The lowest BCUT2D eigenvalue weighted by Crippen LogP contribution is -2.03. The van der Waals surface area contributed by atoms with Gasteiger partial charge < -0.3 is 5.11 Å². The van der Waals surface area contributed by atoms with Crippen molar-refractivity contribution in [3.05, 3.63) is 69.2 Å². The molecule has 0 atom stereocenters. The molecule has 26 heavy (non-hydrogen) atoms. The van der Waals surface area contributed by atoms with Gasteiger partial charge in [0.1, 0.15) is 17.3 Å². The number of nitrogens with zero attached hydrogens (tertiary/aromatic N) is 2. The molecule has 6 heteroatoms. The van der Waals surface area contributed by atoms with Crippen LogP contribution >= 0.6 is 22.9 Å². The summed E-state index contributed by atoms with van der Waals surface area (Å²) in [4.78, 5) is 21.8. The highest BCUT2D eigenvalue weighted by molar-refractivity contribution is 7.17. The van der Waals surface area contributed by atoms with Crippen LogP contribution in [0.4, 0.5) is 0 Å². The van der Waals surface area contributed by atoms with E-state index in [1.807, 2.05) is 38.1 Å². The Morgan fingerprint density at radius 1 is 1.27 bits per heavy atom. The standard InChI is InChI=1S/C20H17ClN2O2S/c1-12-9-14(7-8-17(12)24)10-22-11-18(25)19-13(2)23-20(26-19)15-5-3-4-6-16(15)21/h3-10,24H,11H2,1-2H3. The zero-order valence-electron chi connectivity index (χ0n) is 14.4. The summed E-state index contributed by atoms with van der Waals surface area (Å²) < 4.78 is 0. The van der Waals surface area contributed by atoms with Crippen LogP contribution in [-0.2, 0) is 0 Å². The first-order valence-electron chi connectivity index (χ1n) is 8.00. The number of halogens is 1. The summed E-state index contributed by atoms with van der Waals surface area (Å²) in [6, 6.07) is 12.6. The molecule has 0 amide bonds. The number of phenols is 1. The second kappa shape index (κ2) is 7.81. The topological polar surface area (TPSA) is 62.5 Å². The molecular weight excluding hydrogens is 368 g/mol. The summed E-state index contributed by atoms with van der Waals surface area (Å²) in [5, 5.41) is 10.9. The van der Waals surface area contributed by atoms with Crippen LogP contribution in [0.2, 0.25) is 5.02 Å². The molecule has 0 radical (unpaired) electrons. The van der Waals surface area contributed by atoms with E-state index in [9.17, 15) is 9.90 Å². The second-order valence-corrected chi connectivity index (χ2v) is 7.26. The molecular formula is C20H17ClN2O2S. The number of carbonyl (C=O) groups excluding carboxylic acids is 1. The Hall–Kier alpha value is -2.50. The van der Waals surface area contributed by atoms with E-state index in [1.54, 1.807) is 24.4 Å². The Balaban J connectivity index is 1.75. The van der Waals surface area contributed by atoms with Gasteiger partial charge in [-0.3, -0.25) is 9.79 Å². The second-order valence-electron chi connectivity index (χ2n) is 5.85. The van der Waals surface area contributed by atoms with Crippen LogP contribution in [0.3, 0.4) is 0 Å². The predicted octanol–water partition coefficient (Wildman–Crippen LogP) is 5.09. The molecule has 0 bridgehead atoms. The van der Waals surface area contributed by atoms with Crippen LogP contribution in [0.1, 0.15) is 26.5 Å². The Kier molecular flexibility index (Phi) is 5.49. The Labute approximate surface area is 160 Å². The fourth-order valence-corrected chi connectivity index (χ4v) is 3.79. The number of aryl methyl sites for hydroxylation is 2. The van der Waals surface area contributed by atoms with Crippen LogP contribution < -0.4 is 0 Å². The third-order valence-electron chi connectivity index (χ3n) is 3.85. The van der Waals surface area contributed by atoms with Gasteiger partial charge in [-0.15, -0.1) is 11.3 Å². The molecule has 0 aliphatic heterocycles. The molecule has 0 aliphatic carbocycles. The highest BCUT2D eigenvalue weighted by Gasteiger charge is 2.16. The molecule has 1 heterocycles. The first-order valence-corrected chi connectivity index (χ1v) is 9.20. The van der Waals surface area contributed by atoms with Crippen molar-refractivity contribution >= 4 is 34.9 Å². The zero-order valence-corrected chi connectivity index (χ0v) is 15.9. The average molecular weight is 385 g/mol. The van der Waals surface area contributed by atoms with Crippen molar-refractivity contribution in [1.29, 1.82) is 0 Å². The van der Waals surface area contributed by atoms with Gasteiger partial charge in [-0.25, -0.2) is 4.98 Å². The Bertz CT molecular complexity index is 995. The maximum absolute atomic E-state index is 12.5. The van der Waals surface area contributed by atoms with Crippen LogP contribution in [0.5, 0.6) is 5.75 Å². The quantitative estimate of drug-likeness (QED) is 0.492. The van der Waals surface area contributed by atoms with Crippen LogP contribution in [0, 0.1) is 13.8 Å². The lowest BCUT2D eigenvalue weighted by Gasteiger charge is -1.99. The summed E-state index contributed by atoms with van der Waals surface area (Å²) in [5.74, 6) is 0.163. The van der Waals surface area contributed by atoms with E-state index in [0.29, 0.717) is 15.6 Å². The molecule has 1 N–H and O–H groups in total. The number of thiazole rings is 1. The van der Waals surface area contributed by atoms with Crippen molar-refractivity contribution < 1.29 is 9.90 Å². The SMILES string of the molecule is Cc1cc(C=NCC(=O)c2sc(-c3ccccc3Cl)nc2C)ccc1O. The predicted molar refractivity (Wildman–Crippen MR) is 107 cm³/mol. The van der Waals surface area contributed by atoms with Gasteiger partial charge in [-0.1, -0.05) is 29.8 Å². The number of Topliss-reactive ketones (excluding diaryl/α,β-unsaturated/α-hetero) is 1. The molecule has 0 saturated carbocycles. The fourth-order valence-electron chi connectivity index (χ4n) is 2.47. The van der Waals surface area contributed by atoms with Crippen molar-refractivity contribution in [3.63, 3.8) is 0 Å². The monoisotopic (exact) mass is 384 g/mol. The van der Waals surface area contributed by atoms with Crippen molar-refractivity contribution in [2.45, 2.75) is 13.8 Å². The zero-order chi connectivity index (χ0) is 18.7. The number of aliphatic imine (C=N–C) groups is 1. The fraction of sp³-hybridized carbons (Fsp3) is 0.150. The molecule has 3 aromatic rings. The molecule has 0 saturated heterocycles. The van der Waals surface area contributed by atoms with E-state index in [2.05, 4.69) is 9.98 Å². The van der Waals surface area contributed by atoms with Crippen LogP contribution in [-0.4, -0.2) is 28.6 Å². The van der Waals surface area contributed by atoms with E-state index < -0.39 is 0 Å². The average Bonchev–Trinajstić information content (AvgIpc) is 3.00. The van der Waals surface area contributed by atoms with Crippen LogP contribution in [0.15, 0.2) is 47.5 Å². The lowest BCUT2D eigenvalue weighted by atomic mass is 10.1. The Morgan fingerprint density at radius 3 is 2.77 bits per heavy atom. The number of hydrogen-bond acceptors (Lipinski definition) is 5. The molecule has 4 nitrogen and oxygen atoms in total. The molecule has 0 aliphatic rings. The minimum atomic E-state index is -0.0787. The van der Waals surface area contributed by atoms with E-state index in [0.717, 1.165) is 21.7 Å². The number of hydrogen-bond donors (Lipinski definition) is 1. The van der Waals surface area contributed by atoms with Gasteiger partial charge in [-0.2, -0.15) is 0 Å². The summed E-state index contributed by atoms with van der Waals surface area (Å²) in [6.07, 6.45) is 1.63. The normalized spacial score (nSPS) is 11.2. The molecule has 0 unspecified atom stereocenters. The highest BCUT2D eigenvalue weighted by Crippen LogP contribution is 2.32. The molecule has 1 aromatic heterocycles. The van der Waals surface area contributed by atoms with Crippen molar-refractivity contribution in [2.75, 3.05) is 6.54 Å². The maximum Gasteiger partial charge on any atom is 0.196 e. The van der Waals surface area contributed by atoms with E-state index in [4.69, 9.17) is 11.6 Å². The summed E-state index contributed by atoms with van der Waals surface area (Å²) in [5.41, 5.74) is 3.11. The van der Waals surface area contributed by atoms with Crippen molar-refractivity contribution in [3.8, 4) is 16.3 Å². The largest absolute Gasteiger partial charge is 0.508 e. The Morgan fingerprint density at radius 2 is 2.04 bits per heavy atom.